The summed E-state index contributed by atoms with van der Waals surface area (Å²) in [4.78, 5) is 22.2. The second kappa shape index (κ2) is 5.40. The molecule has 0 heterocycles. The summed E-state index contributed by atoms with van der Waals surface area (Å²) in [6, 6.07) is 3.18. The number of nitrogens with one attached hydrogen (secondary N) is 1. The minimum Gasteiger partial charge on any atom is -0.478 e. The van der Waals surface area contributed by atoms with Gasteiger partial charge in [0, 0.05) is 12.5 Å². The van der Waals surface area contributed by atoms with Crippen LogP contribution in [0.25, 0.3) is 0 Å². The molecule has 1 rings (SSSR count). The Labute approximate surface area is 97.4 Å². The lowest BCUT2D eigenvalue weighted by molar-refractivity contribution is -0.116. The SMILES string of the molecule is CC(N)CC(=O)Nc1c(F)cccc1C(=O)O. The van der Waals surface area contributed by atoms with Crippen molar-refractivity contribution in [3.05, 3.63) is 29.6 Å². The standard InChI is InChI=1S/C11H13FN2O3/c1-6(13)5-9(15)14-10-7(11(16)17)3-2-4-8(10)12/h2-4,6H,5,13H2,1H3,(H,14,15)(H,16,17). The van der Waals surface area contributed by atoms with Crippen LogP contribution in [0.3, 0.4) is 0 Å². The van der Waals surface area contributed by atoms with Gasteiger partial charge in [-0.25, -0.2) is 9.18 Å². The van der Waals surface area contributed by atoms with Gasteiger partial charge in [-0.05, 0) is 19.1 Å². The van der Waals surface area contributed by atoms with E-state index in [1.807, 2.05) is 0 Å². The number of benzene rings is 1. The fourth-order valence-electron chi connectivity index (χ4n) is 1.31. The number of rotatable bonds is 4. The predicted molar refractivity (Wildman–Crippen MR) is 60.3 cm³/mol. The lowest BCUT2D eigenvalue weighted by Gasteiger charge is -2.10. The first-order chi connectivity index (χ1) is 7.91. The van der Waals surface area contributed by atoms with Gasteiger partial charge in [-0.2, -0.15) is 0 Å². The van der Waals surface area contributed by atoms with E-state index in [-0.39, 0.29) is 23.7 Å². The van der Waals surface area contributed by atoms with Crippen LogP contribution in [0.15, 0.2) is 18.2 Å². The first kappa shape index (κ1) is 13.1. The van der Waals surface area contributed by atoms with Crippen LogP contribution in [-0.4, -0.2) is 23.0 Å². The minimum atomic E-state index is -1.31. The summed E-state index contributed by atoms with van der Waals surface area (Å²) < 4.78 is 13.4. The van der Waals surface area contributed by atoms with Crippen LogP contribution in [-0.2, 0) is 4.79 Å². The van der Waals surface area contributed by atoms with Gasteiger partial charge in [0.2, 0.25) is 5.91 Å². The average Bonchev–Trinajstić information content (AvgIpc) is 2.19. The third kappa shape index (κ3) is 3.53. The summed E-state index contributed by atoms with van der Waals surface area (Å²) >= 11 is 0. The average molecular weight is 240 g/mol. The molecule has 0 saturated carbocycles. The molecule has 0 spiro atoms. The molecule has 0 aliphatic carbocycles. The monoisotopic (exact) mass is 240 g/mol. The zero-order valence-electron chi connectivity index (χ0n) is 9.24. The normalized spacial score (nSPS) is 11.9. The summed E-state index contributed by atoms with van der Waals surface area (Å²) in [5, 5.41) is 11.1. The molecule has 1 amide bonds. The van der Waals surface area contributed by atoms with Crippen molar-refractivity contribution in [2.24, 2.45) is 5.73 Å². The Bertz CT molecular complexity index is 446. The first-order valence-corrected chi connectivity index (χ1v) is 4.99. The van der Waals surface area contributed by atoms with Crippen molar-refractivity contribution in [1.29, 1.82) is 0 Å². The highest BCUT2D eigenvalue weighted by Gasteiger charge is 2.16. The molecule has 0 saturated heterocycles. The highest BCUT2D eigenvalue weighted by molar-refractivity contribution is 6.00. The topological polar surface area (TPSA) is 92.4 Å². The Hall–Kier alpha value is -1.95. The van der Waals surface area contributed by atoms with E-state index < -0.39 is 17.7 Å². The number of para-hydroxylation sites is 1. The number of nitrogens with two attached hydrogens (primary N) is 1. The van der Waals surface area contributed by atoms with Crippen molar-refractivity contribution in [3.8, 4) is 0 Å². The number of carbonyl (C=O) groups excluding carboxylic acids is 1. The van der Waals surface area contributed by atoms with Crippen LogP contribution in [0.2, 0.25) is 0 Å². The fraction of sp³-hybridized carbons (Fsp3) is 0.273. The second-order valence-electron chi connectivity index (χ2n) is 3.70. The molecule has 5 nitrogen and oxygen atoms in total. The lowest BCUT2D eigenvalue weighted by atomic mass is 10.1. The van der Waals surface area contributed by atoms with Gasteiger partial charge in [-0.1, -0.05) is 6.07 Å². The van der Waals surface area contributed by atoms with Gasteiger partial charge >= 0.3 is 5.97 Å². The molecule has 1 unspecified atom stereocenters. The number of hydrogen-bond acceptors (Lipinski definition) is 3. The molecule has 0 aromatic heterocycles. The van der Waals surface area contributed by atoms with E-state index >= 15 is 0 Å². The zero-order chi connectivity index (χ0) is 13.0. The van der Waals surface area contributed by atoms with E-state index in [0.717, 1.165) is 6.07 Å². The summed E-state index contributed by atoms with van der Waals surface area (Å²) in [5.74, 6) is -2.61. The Morgan fingerprint density at radius 1 is 1.53 bits per heavy atom. The molecular weight excluding hydrogens is 227 g/mol. The predicted octanol–water partition coefficient (Wildman–Crippen LogP) is 1.20. The molecule has 1 aromatic rings. The largest absolute Gasteiger partial charge is 0.478 e. The van der Waals surface area contributed by atoms with Crippen LogP contribution in [0, 0.1) is 5.82 Å². The molecule has 4 N–H and O–H groups in total. The molecule has 0 aliphatic heterocycles. The number of aromatic carboxylic acids is 1. The first-order valence-electron chi connectivity index (χ1n) is 4.99. The molecule has 0 aliphatic rings. The molecule has 1 atom stereocenters. The van der Waals surface area contributed by atoms with E-state index in [1.54, 1.807) is 6.92 Å². The smallest absolute Gasteiger partial charge is 0.337 e. The maximum Gasteiger partial charge on any atom is 0.337 e. The fourth-order valence-corrected chi connectivity index (χ4v) is 1.31. The highest BCUT2D eigenvalue weighted by atomic mass is 19.1. The number of carbonyl (C=O) groups is 2. The van der Waals surface area contributed by atoms with Gasteiger partial charge < -0.3 is 16.2 Å². The van der Waals surface area contributed by atoms with Crippen LogP contribution >= 0.6 is 0 Å². The summed E-state index contributed by atoms with van der Waals surface area (Å²) in [7, 11) is 0. The molecule has 6 heteroatoms. The van der Waals surface area contributed by atoms with E-state index in [4.69, 9.17) is 10.8 Å². The van der Waals surface area contributed by atoms with Crippen LogP contribution in [0.1, 0.15) is 23.7 Å². The minimum absolute atomic E-state index is 0.00655. The quantitative estimate of drug-likeness (QED) is 0.737. The van der Waals surface area contributed by atoms with Crippen molar-refractivity contribution in [3.63, 3.8) is 0 Å². The van der Waals surface area contributed by atoms with Crippen molar-refractivity contribution < 1.29 is 19.1 Å². The third-order valence-corrected chi connectivity index (χ3v) is 2.02. The van der Waals surface area contributed by atoms with Crippen molar-refractivity contribution in [1.82, 2.24) is 0 Å². The number of hydrogen-bond donors (Lipinski definition) is 3. The number of halogens is 1. The number of carboxylic acid groups (broad SMARTS) is 1. The Balaban J connectivity index is 2.97. The Morgan fingerprint density at radius 3 is 2.71 bits per heavy atom. The highest BCUT2D eigenvalue weighted by Crippen LogP contribution is 2.20. The Kier molecular flexibility index (Phi) is 4.17. The summed E-state index contributed by atoms with van der Waals surface area (Å²) in [6.45, 7) is 1.62. The number of anilines is 1. The van der Waals surface area contributed by atoms with E-state index in [9.17, 15) is 14.0 Å². The summed E-state index contributed by atoms with van der Waals surface area (Å²) in [6.07, 6.45) is -0.00655. The van der Waals surface area contributed by atoms with E-state index in [1.165, 1.54) is 12.1 Å². The zero-order valence-corrected chi connectivity index (χ0v) is 9.24. The van der Waals surface area contributed by atoms with Crippen molar-refractivity contribution in [2.75, 3.05) is 5.32 Å². The van der Waals surface area contributed by atoms with Gasteiger partial charge in [-0.3, -0.25) is 4.79 Å². The molecule has 0 bridgehead atoms. The molecule has 17 heavy (non-hydrogen) atoms. The number of carboxylic acids is 1. The summed E-state index contributed by atoms with van der Waals surface area (Å²) in [5.41, 5.74) is 4.80. The molecule has 0 radical (unpaired) electrons. The van der Waals surface area contributed by atoms with Gasteiger partial charge in [0.05, 0.1) is 11.3 Å². The van der Waals surface area contributed by atoms with E-state index in [2.05, 4.69) is 5.32 Å². The molecule has 92 valence electrons. The second-order valence-corrected chi connectivity index (χ2v) is 3.70. The van der Waals surface area contributed by atoms with Gasteiger partial charge in [-0.15, -0.1) is 0 Å². The van der Waals surface area contributed by atoms with Crippen LogP contribution in [0.4, 0.5) is 10.1 Å². The van der Waals surface area contributed by atoms with Crippen molar-refractivity contribution in [2.45, 2.75) is 19.4 Å². The maximum absolute atomic E-state index is 13.4. The maximum atomic E-state index is 13.4. The van der Waals surface area contributed by atoms with E-state index in [0.29, 0.717) is 0 Å². The van der Waals surface area contributed by atoms with Gasteiger partial charge in [0.15, 0.2) is 0 Å². The molecule has 0 fully saturated rings. The van der Waals surface area contributed by atoms with Gasteiger partial charge in [0.1, 0.15) is 5.82 Å². The lowest BCUT2D eigenvalue weighted by Crippen LogP contribution is -2.25. The third-order valence-electron chi connectivity index (χ3n) is 2.02. The Morgan fingerprint density at radius 2 is 2.18 bits per heavy atom. The van der Waals surface area contributed by atoms with Gasteiger partial charge in [0.25, 0.3) is 0 Å². The molecular formula is C11H13FN2O3. The van der Waals surface area contributed by atoms with Crippen LogP contribution in [0.5, 0.6) is 0 Å². The molecule has 1 aromatic carbocycles. The van der Waals surface area contributed by atoms with Crippen LogP contribution < -0.4 is 11.1 Å². The van der Waals surface area contributed by atoms with Crippen molar-refractivity contribution >= 4 is 17.6 Å². The number of amides is 1.